The van der Waals surface area contributed by atoms with E-state index in [1.54, 1.807) is 17.7 Å². The zero-order chi connectivity index (χ0) is 13.4. The minimum absolute atomic E-state index is 0.385. The maximum Gasteiger partial charge on any atom is 0.138 e. The van der Waals surface area contributed by atoms with Crippen molar-refractivity contribution in [3.05, 3.63) is 16.8 Å². The van der Waals surface area contributed by atoms with E-state index in [0.717, 1.165) is 40.4 Å². The molecule has 1 saturated heterocycles. The molecule has 0 amide bonds. The maximum absolute atomic E-state index is 11.4. The highest BCUT2D eigenvalue weighted by molar-refractivity contribution is 7.85. The summed E-state index contributed by atoms with van der Waals surface area (Å²) in [5, 5.41) is 4.67. The molecule has 1 aliphatic rings. The molecule has 4 nitrogen and oxygen atoms in total. The Bertz CT molecular complexity index is 628. The Morgan fingerprint density at radius 1 is 1.32 bits per heavy atom. The predicted molar refractivity (Wildman–Crippen MR) is 81.4 cm³/mol. The van der Waals surface area contributed by atoms with Gasteiger partial charge >= 0.3 is 0 Å². The van der Waals surface area contributed by atoms with Crippen LogP contribution in [-0.4, -0.2) is 31.7 Å². The van der Waals surface area contributed by atoms with Crippen molar-refractivity contribution >= 4 is 38.2 Å². The molecule has 1 aliphatic heterocycles. The first-order chi connectivity index (χ1) is 9.15. The van der Waals surface area contributed by atoms with Crippen LogP contribution in [0.25, 0.3) is 10.2 Å². The van der Waals surface area contributed by atoms with Gasteiger partial charge in [-0.3, -0.25) is 4.21 Å². The summed E-state index contributed by atoms with van der Waals surface area (Å²) >= 11 is 1.72. The van der Waals surface area contributed by atoms with Gasteiger partial charge in [0.1, 0.15) is 17.0 Å². The summed E-state index contributed by atoms with van der Waals surface area (Å²) in [4.78, 5) is 11.1. The summed E-state index contributed by atoms with van der Waals surface area (Å²) in [6.07, 6.45) is 3.54. The number of nitrogens with one attached hydrogen (secondary N) is 1. The van der Waals surface area contributed by atoms with Crippen LogP contribution in [0.2, 0.25) is 0 Å². The van der Waals surface area contributed by atoms with Crippen molar-refractivity contribution in [2.24, 2.45) is 0 Å². The lowest BCUT2D eigenvalue weighted by molar-refractivity contribution is 0.623. The monoisotopic (exact) mass is 295 g/mol. The van der Waals surface area contributed by atoms with E-state index in [1.165, 1.54) is 10.4 Å². The molecule has 1 N–H and O–H groups in total. The molecule has 3 rings (SSSR count). The second-order valence-corrected chi connectivity index (χ2v) is 7.85. The van der Waals surface area contributed by atoms with Gasteiger partial charge < -0.3 is 5.32 Å². The van der Waals surface area contributed by atoms with E-state index in [4.69, 9.17) is 0 Å². The van der Waals surface area contributed by atoms with Crippen molar-refractivity contribution in [1.29, 1.82) is 0 Å². The molecule has 0 aliphatic carbocycles. The molecule has 0 spiro atoms. The van der Waals surface area contributed by atoms with E-state index >= 15 is 0 Å². The van der Waals surface area contributed by atoms with Crippen LogP contribution < -0.4 is 5.32 Å². The topological polar surface area (TPSA) is 54.9 Å². The molecule has 0 atom stereocenters. The Kier molecular flexibility index (Phi) is 3.54. The number of hydrogen-bond donors (Lipinski definition) is 1. The van der Waals surface area contributed by atoms with Gasteiger partial charge in [0.2, 0.25) is 0 Å². The summed E-state index contributed by atoms with van der Waals surface area (Å²) in [7, 11) is -0.617. The number of fused-ring (bicyclic) bond motifs is 1. The van der Waals surface area contributed by atoms with Crippen LogP contribution in [0.4, 0.5) is 5.82 Å². The summed E-state index contributed by atoms with van der Waals surface area (Å²) in [5.41, 5.74) is 1.27. The van der Waals surface area contributed by atoms with Crippen LogP contribution in [-0.2, 0) is 10.8 Å². The molecule has 2 aromatic rings. The van der Waals surface area contributed by atoms with E-state index in [2.05, 4.69) is 29.1 Å². The first-order valence-electron chi connectivity index (χ1n) is 6.47. The van der Waals surface area contributed by atoms with Crippen LogP contribution in [0, 0.1) is 13.8 Å². The molecule has 2 aromatic heterocycles. The van der Waals surface area contributed by atoms with Gasteiger partial charge in [-0.05, 0) is 32.3 Å². The lowest BCUT2D eigenvalue weighted by Gasteiger charge is -2.23. The maximum atomic E-state index is 11.4. The van der Waals surface area contributed by atoms with Crippen LogP contribution in [0.5, 0.6) is 0 Å². The number of nitrogens with zero attached hydrogens (tertiary/aromatic N) is 2. The number of hydrogen-bond acceptors (Lipinski definition) is 5. The first-order valence-corrected chi connectivity index (χ1v) is 8.78. The van der Waals surface area contributed by atoms with Crippen LogP contribution in [0.15, 0.2) is 6.33 Å². The molecular formula is C13H17N3OS2. The number of aromatic nitrogens is 2. The fraction of sp³-hybridized carbons (Fsp3) is 0.538. The van der Waals surface area contributed by atoms with E-state index < -0.39 is 10.8 Å². The highest BCUT2D eigenvalue weighted by atomic mass is 32.2. The normalized spacial score (nSPS) is 23.7. The summed E-state index contributed by atoms with van der Waals surface area (Å²) < 4.78 is 11.4. The van der Waals surface area contributed by atoms with E-state index in [0.29, 0.717) is 6.04 Å². The van der Waals surface area contributed by atoms with E-state index in [9.17, 15) is 4.21 Å². The van der Waals surface area contributed by atoms with E-state index in [1.807, 2.05) is 0 Å². The third kappa shape index (κ3) is 2.51. The number of rotatable bonds is 2. The minimum atomic E-state index is -0.617. The quantitative estimate of drug-likeness (QED) is 0.925. The van der Waals surface area contributed by atoms with Crippen molar-refractivity contribution in [3.63, 3.8) is 0 Å². The van der Waals surface area contributed by atoms with Crippen molar-refractivity contribution < 1.29 is 4.21 Å². The molecule has 1 fully saturated rings. The second-order valence-electron chi connectivity index (χ2n) is 4.95. The van der Waals surface area contributed by atoms with Gasteiger partial charge in [-0.25, -0.2) is 9.97 Å². The summed E-state index contributed by atoms with van der Waals surface area (Å²) in [5.74, 6) is 2.53. The summed E-state index contributed by atoms with van der Waals surface area (Å²) in [6, 6.07) is 0.385. The molecule has 0 saturated carbocycles. The molecule has 0 unspecified atom stereocenters. The fourth-order valence-corrected chi connectivity index (χ4v) is 4.72. The van der Waals surface area contributed by atoms with Crippen molar-refractivity contribution in [3.8, 4) is 0 Å². The third-order valence-corrected chi connectivity index (χ3v) is 6.19. The summed E-state index contributed by atoms with van der Waals surface area (Å²) in [6.45, 7) is 4.24. The number of thiophene rings is 1. The van der Waals surface area contributed by atoms with Gasteiger partial charge in [0.25, 0.3) is 0 Å². The minimum Gasteiger partial charge on any atom is -0.367 e. The number of aryl methyl sites for hydroxylation is 2. The van der Waals surface area contributed by atoms with Gasteiger partial charge in [0.15, 0.2) is 0 Å². The predicted octanol–water partition coefficient (Wildman–Crippen LogP) is 2.63. The average Bonchev–Trinajstić information content (AvgIpc) is 2.69. The zero-order valence-electron chi connectivity index (χ0n) is 11.1. The lowest BCUT2D eigenvalue weighted by atomic mass is 10.1. The van der Waals surface area contributed by atoms with Gasteiger partial charge in [-0.1, -0.05) is 0 Å². The molecule has 0 aromatic carbocycles. The standard InChI is InChI=1S/C13H17N3OS2/c1-8-9(2)18-13-11(8)12(14-7-15-13)16-10-3-5-19(17)6-4-10/h7,10H,3-6H2,1-2H3,(H,14,15,16). The zero-order valence-corrected chi connectivity index (χ0v) is 12.7. The lowest BCUT2D eigenvalue weighted by Crippen LogP contribution is -2.29. The van der Waals surface area contributed by atoms with Gasteiger partial charge in [-0.2, -0.15) is 0 Å². The highest BCUT2D eigenvalue weighted by Gasteiger charge is 2.20. The van der Waals surface area contributed by atoms with Crippen LogP contribution in [0.3, 0.4) is 0 Å². The molecular weight excluding hydrogens is 278 g/mol. The molecule has 6 heteroatoms. The molecule has 0 radical (unpaired) electrons. The second kappa shape index (κ2) is 5.17. The largest absolute Gasteiger partial charge is 0.367 e. The Morgan fingerprint density at radius 3 is 2.79 bits per heavy atom. The van der Waals surface area contributed by atoms with Crippen molar-refractivity contribution in [1.82, 2.24) is 9.97 Å². The van der Waals surface area contributed by atoms with Crippen molar-refractivity contribution in [2.75, 3.05) is 16.8 Å². The van der Waals surface area contributed by atoms with Crippen LogP contribution in [0.1, 0.15) is 23.3 Å². The Hall–Kier alpha value is -1.01. The van der Waals surface area contributed by atoms with Crippen molar-refractivity contribution in [2.45, 2.75) is 32.7 Å². The fourth-order valence-electron chi connectivity index (χ4n) is 2.42. The molecule has 102 valence electrons. The Balaban J connectivity index is 1.90. The SMILES string of the molecule is Cc1sc2ncnc(NC3CCS(=O)CC3)c2c1C. The average molecular weight is 295 g/mol. The van der Waals surface area contributed by atoms with Crippen LogP contribution >= 0.6 is 11.3 Å². The first kappa shape index (κ1) is 13.0. The molecule has 3 heterocycles. The van der Waals surface area contributed by atoms with Gasteiger partial charge in [0, 0.05) is 33.2 Å². The van der Waals surface area contributed by atoms with Gasteiger partial charge in [-0.15, -0.1) is 11.3 Å². The number of anilines is 1. The Morgan fingerprint density at radius 2 is 2.05 bits per heavy atom. The third-order valence-electron chi connectivity index (χ3n) is 3.69. The van der Waals surface area contributed by atoms with Gasteiger partial charge in [0.05, 0.1) is 5.39 Å². The highest BCUT2D eigenvalue weighted by Crippen LogP contribution is 2.33. The Labute approximate surface area is 119 Å². The smallest absolute Gasteiger partial charge is 0.138 e. The van der Waals surface area contributed by atoms with E-state index in [-0.39, 0.29) is 0 Å². The molecule has 19 heavy (non-hydrogen) atoms. The molecule has 0 bridgehead atoms.